The van der Waals surface area contributed by atoms with Gasteiger partial charge in [0.2, 0.25) is 5.91 Å². The van der Waals surface area contributed by atoms with Gasteiger partial charge < -0.3 is 20.5 Å². The fourth-order valence-electron chi connectivity index (χ4n) is 2.58. The first-order valence-electron chi connectivity index (χ1n) is 8.55. The van der Waals surface area contributed by atoms with Crippen LogP contribution in [0.25, 0.3) is 0 Å². The number of anilines is 2. The van der Waals surface area contributed by atoms with E-state index in [0.29, 0.717) is 4.90 Å². The molecule has 0 saturated heterocycles. The first-order valence-corrected chi connectivity index (χ1v) is 9.43. The molecule has 0 saturated carbocycles. The summed E-state index contributed by atoms with van der Waals surface area (Å²) in [5.41, 5.74) is -0.724. The molecule has 30 heavy (non-hydrogen) atoms. The van der Waals surface area contributed by atoms with Crippen molar-refractivity contribution in [2.24, 2.45) is 0 Å². The summed E-state index contributed by atoms with van der Waals surface area (Å²) < 4.78 is 43.2. The highest BCUT2D eigenvalue weighted by atomic mass is 32.2. The van der Waals surface area contributed by atoms with Crippen LogP contribution < -0.4 is 10.6 Å². The number of esters is 1. The van der Waals surface area contributed by atoms with Crippen molar-refractivity contribution in [3.63, 3.8) is 0 Å². The average Bonchev–Trinajstić information content (AvgIpc) is 2.67. The number of alkyl halides is 3. The predicted octanol–water partition coefficient (Wildman–Crippen LogP) is 3.40. The van der Waals surface area contributed by atoms with Gasteiger partial charge in [-0.15, -0.1) is 11.8 Å². The van der Waals surface area contributed by atoms with Gasteiger partial charge in [-0.3, -0.25) is 14.4 Å². The Hall–Kier alpha value is -3.21. The number of ether oxygens (including phenoxy) is 1. The molecule has 3 N–H and O–H groups in total. The molecule has 2 aromatic carbocycles. The Morgan fingerprint density at radius 2 is 1.93 bits per heavy atom. The van der Waals surface area contributed by atoms with Gasteiger partial charge in [-0.25, -0.2) is 0 Å². The van der Waals surface area contributed by atoms with E-state index in [1.54, 1.807) is 12.1 Å². The lowest BCUT2D eigenvalue weighted by Gasteiger charge is -2.24. The summed E-state index contributed by atoms with van der Waals surface area (Å²) in [6, 6.07) is 8.94. The standard InChI is InChI=1S/C19H15F3N2O5S/c20-19(21,22)10-5-6-14-12(7-10)24-18(28)15(30-14)8-17(27)29-9-16(26)23-11-3-1-2-4-13(11)25/h1-7,15,25H,8-9H2,(H,23,26)(H,24,28). The molecule has 158 valence electrons. The lowest BCUT2D eigenvalue weighted by molar-refractivity contribution is -0.147. The minimum Gasteiger partial charge on any atom is -0.506 e. The van der Waals surface area contributed by atoms with Crippen molar-refractivity contribution >= 4 is 40.9 Å². The number of para-hydroxylation sites is 2. The molecule has 1 atom stereocenters. The van der Waals surface area contributed by atoms with E-state index in [1.807, 2.05) is 0 Å². The zero-order valence-electron chi connectivity index (χ0n) is 15.2. The van der Waals surface area contributed by atoms with Gasteiger partial charge in [0.25, 0.3) is 5.91 Å². The van der Waals surface area contributed by atoms with E-state index >= 15 is 0 Å². The van der Waals surface area contributed by atoms with Gasteiger partial charge in [0, 0.05) is 4.90 Å². The van der Waals surface area contributed by atoms with E-state index in [0.717, 1.165) is 23.9 Å². The number of nitrogens with one attached hydrogen (secondary N) is 2. The molecule has 0 aromatic heterocycles. The summed E-state index contributed by atoms with van der Waals surface area (Å²) in [5, 5.41) is 13.4. The van der Waals surface area contributed by atoms with Gasteiger partial charge in [-0.05, 0) is 30.3 Å². The largest absolute Gasteiger partial charge is 0.506 e. The van der Waals surface area contributed by atoms with Crippen LogP contribution in [0.1, 0.15) is 12.0 Å². The van der Waals surface area contributed by atoms with Crippen molar-refractivity contribution in [3.05, 3.63) is 48.0 Å². The molecule has 0 spiro atoms. The molecule has 1 aliphatic heterocycles. The molecule has 0 fully saturated rings. The van der Waals surface area contributed by atoms with Crippen molar-refractivity contribution in [3.8, 4) is 5.75 Å². The third-order valence-corrected chi connectivity index (χ3v) is 5.30. The van der Waals surface area contributed by atoms with Crippen molar-refractivity contribution in [2.75, 3.05) is 17.2 Å². The monoisotopic (exact) mass is 440 g/mol. The Balaban J connectivity index is 1.54. The summed E-state index contributed by atoms with van der Waals surface area (Å²) >= 11 is 0.938. The van der Waals surface area contributed by atoms with Crippen LogP contribution in [-0.4, -0.2) is 34.7 Å². The second kappa shape index (κ2) is 8.66. The van der Waals surface area contributed by atoms with Crippen molar-refractivity contribution in [1.82, 2.24) is 0 Å². The Morgan fingerprint density at radius 3 is 2.63 bits per heavy atom. The lowest BCUT2D eigenvalue weighted by atomic mass is 10.1. The quantitative estimate of drug-likeness (QED) is 0.486. The number of rotatable bonds is 5. The lowest BCUT2D eigenvalue weighted by Crippen LogP contribution is -2.32. The number of thioether (sulfide) groups is 1. The van der Waals surface area contributed by atoms with Crippen LogP contribution in [0.3, 0.4) is 0 Å². The number of benzene rings is 2. The fraction of sp³-hybridized carbons (Fsp3) is 0.211. The van der Waals surface area contributed by atoms with Crippen LogP contribution in [0.5, 0.6) is 5.75 Å². The van der Waals surface area contributed by atoms with Gasteiger partial charge in [-0.2, -0.15) is 13.2 Å². The Morgan fingerprint density at radius 1 is 1.20 bits per heavy atom. The second-order valence-electron chi connectivity index (χ2n) is 6.23. The van der Waals surface area contributed by atoms with Gasteiger partial charge in [0.05, 0.1) is 28.6 Å². The summed E-state index contributed by atoms with van der Waals surface area (Å²) in [6.45, 7) is -0.627. The Bertz CT molecular complexity index is 996. The second-order valence-corrected chi connectivity index (χ2v) is 7.48. The molecular formula is C19H15F3N2O5S. The van der Waals surface area contributed by atoms with Crippen LogP contribution in [0.4, 0.5) is 24.5 Å². The number of aromatic hydroxyl groups is 1. The average molecular weight is 440 g/mol. The van der Waals surface area contributed by atoms with Gasteiger partial charge in [0.15, 0.2) is 6.61 Å². The van der Waals surface area contributed by atoms with Crippen molar-refractivity contribution < 1.29 is 37.4 Å². The zero-order chi connectivity index (χ0) is 21.9. The van der Waals surface area contributed by atoms with E-state index in [2.05, 4.69) is 10.6 Å². The van der Waals surface area contributed by atoms with Crippen LogP contribution >= 0.6 is 11.8 Å². The summed E-state index contributed by atoms with van der Waals surface area (Å²) in [4.78, 5) is 36.3. The molecule has 2 aromatic rings. The maximum absolute atomic E-state index is 12.8. The molecule has 1 unspecified atom stereocenters. The Kier molecular flexibility index (Phi) is 6.20. The molecular weight excluding hydrogens is 425 g/mol. The molecule has 2 amide bonds. The van der Waals surface area contributed by atoms with Crippen LogP contribution in [-0.2, 0) is 25.3 Å². The number of amides is 2. The minimum absolute atomic E-state index is 0.0199. The van der Waals surface area contributed by atoms with Crippen LogP contribution in [0.2, 0.25) is 0 Å². The van der Waals surface area contributed by atoms with Gasteiger partial charge >= 0.3 is 12.1 Å². The number of phenolic OH excluding ortho intramolecular Hbond substituents is 1. The number of hydrogen-bond acceptors (Lipinski definition) is 6. The van der Waals surface area contributed by atoms with E-state index in [9.17, 15) is 32.7 Å². The van der Waals surface area contributed by atoms with Crippen LogP contribution in [0, 0.1) is 0 Å². The molecule has 1 aliphatic rings. The maximum Gasteiger partial charge on any atom is 0.416 e. The molecule has 0 bridgehead atoms. The normalized spacial score (nSPS) is 15.7. The number of carbonyl (C=O) groups is 3. The SMILES string of the molecule is O=C(COC(=O)CC1Sc2ccc(C(F)(F)F)cc2NC1=O)Nc1ccccc1O. The molecule has 1 heterocycles. The first-order chi connectivity index (χ1) is 14.1. The highest BCUT2D eigenvalue weighted by Gasteiger charge is 2.34. The maximum atomic E-state index is 12.8. The first kappa shape index (κ1) is 21.5. The number of carbonyl (C=O) groups excluding carboxylic acids is 3. The molecule has 3 rings (SSSR count). The third-order valence-electron chi connectivity index (χ3n) is 4.02. The van der Waals surface area contributed by atoms with E-state index in [4.69, 9.17) is 4.74 Å². The third kappa shape index (κ3) is 5.23. The van der Waals surface area contributed by atoms with E-state index < -0.39 is 41.4 Å². The van der Waals surface area contributed by atoms with Crippen molar-refractivity contribution in [2.45, 2.75) is 22.7 Å². The molecule has 0 radical (unpaired) electrons. The number of hydrogen-bond donors (Lipinski definition) is 3. The number of fused-ring (bicyclic) bond motifs is 1. The molecule has 0 aliphatic carbocycles. The smallest absolute Gasteiger partial charge is 0.416 e. The van der Waals surface area contributed by atoms with Crippen LogP contribution in [0.15, 0.2) is 47.4 Å². The highest BCUT2D eigenvalue weighted by molar-refractivity contribution is 8.01. The van der Waals surface area contributed by atoms with E-state index in [-0.39, 0.29) is 23.5 Å². The molecule has 11 heteroatoms. The topological polar surface area (TPSA) is 105 Å². The molecule has 7 nitrogen and oxygen atoms in total. The fourth-order valence-corrected chi connectivity index (χ4v) is 3.66. The zero-order valence-corrected chi connectivity index (χ0v) is 16.0. The highest BCUT2D eigenvalue weighted by Crippen LogP contribution is 2.40. The summed E-state index contributed by atoms with van der Waals surface area (Å²) in [5.74, 6) is -2.30. The predicted molar refractivity (Wildman–Crippen MR) is 102 cm³/mol. The van der Waals surface area contributed by atoms with Crippen molar-refractivity contribution in [1.29, 1.82) is 0 Å². The number of phenols is 1. The van der Waals surface area contributed by atoms with Gasteiger partial charge in [0.1, 0.15) is 5.75 Å². The minimum atomic E-state index is -4.54. The van der Waals surface area contributed by atoms with E-state index in [1.165, 1.54) is 18.2 Å². The summed E-state index contributed by atoms with van der Waals surface area (Å²) in [6.07, 6.45) is -4.91. The Labute approximate surface area is 172 Å². The summed E-state index contributed by atoms with van der Waals surface area (Å²) in [7, 11) is 0. The van der Waals surface area contributed by atoms with Gasteiger partial charge in [-0.1, -0.05) is 12.1 Å². The number of halogens is 3.